The van der Waals surface area contributed by atoms with Crippen LogP contribution in [0.2, 0.25) is 5.02 Å². The molecule has 170 valence electrons. The molecule has 0 saturated carbocycles. The van der Waals surface area contributed by atoms with E-state index in [2.05, 4.69) is 5.32 Å². The van der Waals surface area contributed by atoms with Gasteiger partial charge in [0.15, 0.2) is 5.65 Å². The normalized spacial score (nSPS) is 10.9. The van der Waals surface area contributed by atoms with Crippen LogP contribution in [0.4, 0.5) is 5.69 Å². The van der Waals surface area contributed by atoms with Gasteiger partial charge < -0.3 is 14.8 Å². The van der Waals surface area contributed by atoms with Crippen molar-refractivity contribution in [2.75, 3.05) is 19.5 Å². The monoisotopic (exact) mass is 464 g/mol. The summed E-state index contributed by atoms with van der Waals surface area (Å²) in [5.41, 5.74) is 6.04. The van der Waals surface area contributed by atoms with Crippen molar-refractivity contribution >= 4 is 28.8 Å². The smallest absolute Gasteiger partial charge is 0.224 e. The van der Waals surface area contributed by atoms with Gasteiger partial charge in [-0.05, 0) is 38.0 Å². The summed E-state index contributed by atoms with van der Waals surface area (Å²) in [4.78, 5) is 17.4. The van der Waals surface area contributed by atoms with Gasteiger partial charge in [-0.2, -0.15) is 5.10 Å². The Morgan fingerprint density at radius 1 is 1.03 bits per heavy atom. The lowest BCUT2D eigenvalue weighted by Gasteiger charge is -2.12. The second kappa shape index (κ2) is 9.50. The first-order valence-corrected chi connectivity index (χ1v) is 10.9. The Balaban J connectivity index is 1.52. The summed E-state index contributed by atoms with van der Waals surface area (Å²) in [5, 5.41) is 8.33. The number of carbonyl (C=O) groups excluding carboxylic acids is 1. The van der Waals surface area contributed by atoms with Gasteiger partial charge >= 0.3 is 0 Å². The number of aryl methyl sites for hydroxylation is 2. The maximum atomic E-state index is 12.6. The fourth-order valence-electron chi connectivity index (χ4n) is 3.79. The molecule has 0 atom stereocenters. The van der Waals surface area contributed by atoms with Crippen molar-refractivity contribution in [3.63, 3.8) is 0 Å². The number of benzene rings is 2. The number of anilines is 1. The molecular formula is C25H25ClN4O3. The number of rotatable bonds is 7. The molecule has 7 nitrogen and oxygen atoms in total. The summed E-state index contributed by atoms with van der Waals surface area (Å²) in [6.07, 6.45) is 0.851. The molecule has 2 aromatic carbocycles. The molecule has 0 saturated heterocycles. The molecule has 33 heavy (non-hydrogen) atoms. The van der Waals surface area contributed by atoms with E-state index < -0.39 is 0 Å². The van der Waals surface area contributed by atoms with Crippen molar-refractivity contribution in [2.45, 2.75) is 26.7 Å². The van der Waals surface area contributed by atoms with E-state index in [4.69, 9.17) is 31.2 Å². The molecule has 0 aliphatic rings. The van der Waals surface area contributed by atoms with Crippen LogP contribution in [0, 0.1) is 13.8 Å². The number of amides is 1. The molecule has 2 aromatic heterocycles. The second-order valence-corrected chi connectivity index (χ2v) is 8.15. The largest absolute Gasteiger partial charge is 0.497 e. The van der Waals surface area contributed by atoms with Gasteiger partial charge in [-0.25, -0.2) is 9.50 Å². The van der Waals surface area contributed by atoms with Crippen molar-refractivity contribution in [1.82, 2.24) is 14.6 Å². The van der Waals surface area contributed by atoms with E-state index in [0.29, 0.717) is 35.1 Å². The van der Waals surface area contributed by atoms with E-state index in [-0.39, 0.29) is 5.91 Å². The molecule has 1 N–H and O–H groups in total. The minimum atomic E-state index is -0.105. The van der Waals surface area contributed by atoms with Crippen molar-refractivity contribution in [1.29, 1.82) is 0 Å². The molecule has 4 rings (SSSR count). The van der Waals surface area contributed by atoms with Crippen LogP contribution in [0.3, 0.4) is 0 Å². The minimum absolute atomic E-state index is 0.105. The summed E-state index contributed by atoms with van der Waals surface area (Å²) in [6, 6.07) is 14.8. The highest BCUT2D eigenvalue weighted by Gasteiger charge is 2.15. The molecule has 0 radical (unpaired) electrons. The molecule has 0 fully saturated rings. The average Bonchev–Trinajstić information content (AvgIpc) is 3.23. The number of ether oxygens (including phenoxy) is 2. The topological polar surface area (TPSA) is 77.8 Å². The number of hydrogen-bond donors (Lipinski definition) is 1. The van der Waals surface area contributed by atoms with E-state index in [1.54, 1.807) is 32.4 Å². The Bertz CT molecular complexity index is 1290. The number of fused-ring (bicyclic) bond motifs is 1. The van der Waals surface area contributed by atoms with Crippen LogP contribution in [0.5, 0.6) is 11.5 Å². The molecule has 0 aliphatic carbocycles. The Morgan fingerprint density at radius 3 is 2.33 bits per heavy atom. The van der Waals surface area contributed by atoms with Crippen molar-refractivity contribution in [3.8, 4) is 22.8 Å². The van der Waals surface area contributed by atoms with Gasteiger partial charge in [0, 0.05) is 58.3 Å². The number of methoxy groups -OCH3 is 2. The Hall–Kier alpha value is -3.58. The highest BCUT2D eigenvalue weighted by Crippen LogP contribution is 2.27. The number of nitrogens with zero attached hydrogens (tertiary/aromatic N) is 3. The first kappa shape index (κ1) is 22.6. The number of carbonyl (C=O) groups is 1. The first-order chi connectivity index (χ1) is 15.9. The van der Waals surface area contributed by atoms with Gasteiger partial charge in [-0.3, -0.25) is 4.79 Å². The van der Waals surface area contributed by atoms with Gasteiger partial charge in [0.1, 0.15) is 11.5 Å². The van der Waals surface area contributed by atoms with Crippen LogP contribution >= 0.6 is 11.6 Å². The van der Waals surface area contributed by atoms with Gasteiger partial charge in [0.25, 0.3) is 0 Å². The first-order valence-electron chi connectivity index (χ1n) is 10.5. The van der Waals surface area contributed by atoms with Crippen LogP contribution in [-0.2, 0) is 11.2 Å². The second-order valence-electron chi connectivity index (χ2n) is 7.72. The number of hydrogen-bond acceptors (Lipinski definition) is 5. The summed E-state index contributed by atoms with van der Waals surface area (Å²) >= 11 is 6.00. The SMILES string of the molecule is COc1cc(NC(=O)CCc2c(C)nc3cc(-c4ccc(Cl)cc4)nn3c2C)cc(OC)c1. The third-order valence-corrected chi connectivity index (χ3v) is 5.79. The Kier molecular flexibility index (Phi) is 6.51. The molecule has 0 spiro atoms. The number of aromatic nitrogens is 3. The van der Waals surface area contributed by atoms with Crippen molar-refractivity contribution in [3.05, 3.63) is 70.5 Å². The molecule has 0 bridgehead atoms. The lowest BCUT2D eigenvalue weighted by Crippen LogP contribution is -2.14. The molecule has 0 unspecified atom stereocenters. The van der Waals surface area contributed by atoms with E-state index in [9.17, 15) is 4.79 Å². The van der Waals surface area contributed by atoms with Crippen molar-refractivity contribution < 1.29 is 14.3 Å². The lowest BCUT2D eigenvalue weighted by molar-refractivity contribution is -0.116. The Labute approximate surface area is 197 Å². The molecule has 1 amide bonds. The number of nitrogens with one attached hydrogen (secondary N) is 1. The predicted octanol–water partition coefficient (Wildman–Crippen LogP) is 5.26. The third kappa shape index (κ3) is 4.93. The van der Waals surface area contributed by atoms with Crippen LogP contribution < -0.4 is 14.8 Å². The summed E-state index contributed by atoms with van der Waals surface area (Å²) < 4.78 is 12.4. The molecule has 4 aromatic rings. The lowest BCUT2D eigenvalue weighted by atomic mass is 10.1. The van der Waals surface area contributed by atoms with Crippen molar-refractivity contribution in [2.24, 2.45) is 0 Å². The molecule has 0 aliphatic heterocycles. The average molecular weight is 465 g/mol. The van der Waals surface area contributed by atoms with E-state index in [1.807, 2.05) is 48.7 Å². The minimum Gasteiger partial charge on any atom is -0.497 e. The Morgan fingerprint density at radius 2 is 1.70 bits per heavy atom. The van der Waals surface area contributed by atoms with E-state index in [1.165, 1.54) is 0 Å². The number of halogens is 1. The highest BCUT2D eigenvalue weighted by molar-refractivity contribution is 6.30. The van der Waals surface area contributed by atoms with Crippen LogP contribution in [0.15, 0.2) is 48.5 Å². The van der Waals surface area contributed by atoms with Crippen LogP contribution in [0.25, 0.3) is 16.9 Å². The quantitative estimate of drug-likeness (QED) is 0.404. The van der Waals surface area contributed by atoms with E-state index in [0.717, 1.165) is 33.9 Å². The predicted molar refractivity (Wildman–Crippen MR) is 129 cm³/mol. The maximum Gasteiger partial charge on any atom is 0.224 e. The fraction of sp³-hybridized carbons (Fsp3) is 0.240. The highest BCUT2D eigenvalue weighted by atomic mass is 35.5. The van der Waals surface area contributed by atoms with E-state index >= 15 is 0 Å². The van der Waals surface area contributed by atoms with Crippen LogP contribution in [0.1, 0.15) is 23.4 Å². The summed E-state index contributed by atoms with van der Waals surface area (Å²) in [6.45, 7) is 3.96. The van der Waals surface area contributed by atoms with Gasteiger partial charge in [0.2, 0.25) is 5.91 Å². The standard InChI is InChI=1S/C25H25ClN4O3/c1-15-22(9-10-25(31)28-19-11-20(32-3)13-21(12-19)33-4)16(2)30-24(27-15)14-23(29-30)17-5-7-18(26)8-6-17/h5-8,11-14H,9-10H2,1-4H3,(H,28,31). The van der Waals surface area contributed by atoms with Gasteiger partial charge in [-0.15, -0.1) is 0 Å². The van der Waals surface area contributed by atoms with Crippen LogP contribution in [-0.4, -0.2) is 34.7 Å². The van der Waals surface area contributed by atoms with Gasteiger partial charge in [-0.1, -0.05) is 23.7 Å². The molecule has 8 heteroatoms. The third-order valence-electron chi connectivity index (χ3n) is 5.54. The zero-order valence-electron chi connectivity index (χ0n) is 19.0. The zero-order chi connectivity index (χ0) is 23.5. The summed E-state index contributed by atoms with van der Waals surface area (Å²) in [7, 11) is 3.14. The summed E-state index contributed by atoms with van der Waals surface area (Å²) in [5.74, 6) is 1.12. The van der Waals surface area contributed by atoms with Gasteiger partial charge in [0.05, 0.1) is 19.9 Å². The zero-order valence-corrected chi connectivity index (χ0v) is 19.7. The fourth-order valence-corrected chi connectivity index (χ4v) is 3.92. The maximum absolute atomic E-state index is 12.6. The molecule has 2 heterocycles. The molecular weight excluding hydrogens is 440 g/mol.